The topological polar surface area (TPSA) is 82.9 Å². The summed E-state index contributed by atoms with van der Waals surface area (Å²) in [5, 5.41) is 0. The van der Waals surface area contributed by atoms with Gasteiger partial charge in [-0.15, -0.1) is 11.3 Å². The van der Waals surface area contributed by atoms with Crippen molar-refractivity contribution in [3.63, 3.8) is 0 Å². The maximum absolute atomic E-state index is 12.6. The van der Waals surface area contributed by atoms with Crippen LogP contribution >= 0.6 is 33.9 Å². The third-order valence-corrected chi connectivity index (χ3v) is 8.82. The van der Waals surface area contributed by atoms with Gasteiger partial charge in [-0.25, -0.2) is 4.98 Å². The summed E-state index contributed by atoms with van der Waals surface area (Å²) < 4.78 is 5.70. The van der Waals surface area contributed by atoms with Crippen molar-refractivity contribution >= 4 is 55.8 Å². The summed E-state index contributed by atoms with van der Waals surface area (Å²) in [6.07, 6.45) is 8.34. The smallest absolute Gasteiger partial charge is 0.248 e. The zero-order valence-corrected chi connectivity index (χ0v) is 25.3. The maximum atomic E-state index is 12.6. The van der Waals surface area contributed by atoms with E-state index >= 15 is 0 Å². The number of carbonyl (C=O) groups excluding carboxylic acids is 2. The van der Waals surface area contributed by atoms with E-state index in [1.54, 1.807) is 12.5 Å². The van der Waals surface area contributed by atoms with Crippen molar-refractivity contribution in [2.24, 2.45) is 11.7 Å². The van der Waals surface area contributed by atoms with Crippen molar-refractivity contribution in [1.29, 1.82) is 0 Å². The molecule has 2 N–H and O–H groups in total. The zero-order chi connectivity index (χ0) is 27.7. The fourth-order valence-corrected chi connectivity index (χ4v) is 6.74. The quantitative estimate of drug-likeness (QED) is 0.0963. The van der Waals surface area contributed by atoms with Crippen LogP contribution in [-0.2, 0) is 6.42 Å². The van der Waals surface area contributed by atoms with Gasteiger partial charge >= 0.3 is 0 Å². The van der Waals surface area contributed by atoms with Crippen molar-refractivity contribution in [2.75, 3.05) is 4.43 Å². The number of nitrogens with two attached hydrogens (primary N) is 1. The lowest BCUT2D eigenvalue weighted by Crippen LogP contribution is -2.14. The Kier molecular flexibility index (Phi) is 8.04. The number of hydrogen-bond acceptors (Lipinski definition) is 4. The highest BCUT2D eigenvalue weighted by Crippen LogP contribution is 2.38. The number of benzene rings is 2. The highest BCUT2D eigenvalue weighted by Gasteiger charge is 2.20. The predicted molar refractivity (Wildman–Crippen MR) is 168 cm³/mol. The summed E-state index contributed by atoms with van der Waals surface area (Å²) in [7, 11) is 0. The van der Waals surface area contributed by atoms with Crippen molar-refractivity contribution < 1.29 is 9.59 Å². The summed E-state index contributed by atoms with van der Waals surface area (Å²) in [6, 6.07) is 16.4. The van der Waals surface area contributed by atoms with E-state index in [2.05, 4.69) is 83.2 Å². The molecule has 0 bridgehead atoms. The first-order valence-corrected chi connectivity index (χ1v) is 15.4. The van der Waals surface area contributed by atoms with Gasteiger partial charge in [-0.05, 0) is 79.3 Å². The van der Waals surface area contributed by atoms with Crippen LogP contribution in [0, 0.1) is 12.8 Å². The Balaban J connectivity index is 1.68. The van der Waals surface area contributed by atoms with Crippen LogP contribution in [-0.4, -0.2) is 30.2 Å². The van der Waals surface area contributed by atoms with Gasteiger partial charge in [0.2, 0.25) is 5.91 Å². The van der Waals surface area contributed by atoms with E-state index < -0.39 is 5.91 Å². The van der Waals surface area contributed by atoms with E-state index in [-0.39, 0.29) is 5.78 Å². The molecule has 0 fully saturated rings. The van der Waals surface area contributed by atoms with E-state index in [1.807, 2.05) is 29.0 Å². The molecule has 3 aromatic heterocycles. The lowest BCUT2D eigenvalue weighted by Gasteiger charge is -2.16. The van der Waals surface area contributed by atoms with Crippen LogP contribution in [0.15, 0.2) is 67.3 Å². The number of aromatic nitrogens is 3. The highest BCUT2D eigenvalue weighted by atomic mass is 127. The van der Waals surface area contributed by atoms with Gasteiger partial charge in [0.1, 0.15) is 0 Å². The van der Waals surface area contributed by atoms with E-state index in [9.17, 15) is 9.59 Å². The van der Waals surface area contributed by atoms with Gasteiger partial charge in [0, 0.05) is 34.9 Å². The fraction of sp³-hybridized carbons (Fsp3) is 0.258. The minimum Gasteiger partial charge on any atom is -0.366 e. The zero-order valence-electron chi connectivity index (χ0n) is 22.3. The van der Waals surface area contributed by atoms with Gasteiger partial charge in [0.15, 0.2) is 5.78 Å². The van der Waals surface area contributed by atoms with E-state index in [4.69, 9.17) is 5.73 Å². The fourth-order valence-electron chi connectivity index (χ4n) is 5.05. The number of Topliss-reactive ketones (excluding diaryl/α,β-unsaturated/α-hetero) is 1. The number of primary amides is 1. The number of halogens is 1. The summed E-state index contributed by atoms with van der Waals surface area (Å²) in [4.78, 5) is 29.8. The first-order valence-electron chi connectivity index (χ1n) is 13.0. The van der Waals surface area contributed by atoms with Crippen molar-refractivity contribution in [3.05, 3.63) is 88.8 Å². The number of thiophene rings is 1. The van der Waals surface area contributed by atoms with Crippen molar-refractivity contribution in [1.82, 2.24) is 14.1 Å². The van der Waals surface area contributed by atoms with E-state index in [0.717, 1.165) is 68.1 Å². The lowest BCUT2D eigenvalue weighted by atomic mass is 9.97. The molecule has 0 spiro atoms. The second kappa shape index (κ2) is 11.5. The number of rotatable bonds is 10. The third-order valence-electron chi connectivity index (χ3n) is 7.01. The number of hydrogen-bond donors (Lipinski definition) is 1. The molecule has 0 aliphatic carbocycles. The number of aryl methyl sites for hydroxylation is 2. The van der Waals surface area contributed by atoms with Gasteiger partial charge in [0.05, 0.1) is 31.5 Å². The van der Waals surface area contributed by atoms with Crippen LogP contribution in [0.2, 0.25) is 0 Å². The average Bonchev–Trinajstić information content (AvgIpc) is 3.64. The summed E-state index contributed by atoms with van der Waals surface area (Å²) >= 11 is 3.65. The third kappa shape index (κ3) is 5.58. The molecule has 5 aromatic rings. The molecule has 200 valence electrons. The van der Waals surface area contributed by atoms with E-state index in [1.165, 1.54) is 11.3 Å². The number of ketones is 1. The predicted octanol–water partition coefficient (Wildman–Crippen LogP) is 7.55. The summed E-state index contributed by atoms with van der Waals surface area (Å²) in [5.74, 6) is 0.313. The Hall–Kier alpha value is -3.24. The molecule has 3 heterocycles. The van der Waals surface area contributed by atoms with Crippen molar-refractivity contribution in [2.45, 2.75) is 40.0 Å². The number of carbonyl (C=O) groups is 2. The van der Waals surface area contributed by atoms with Crippen LogP contribution in [0.5, 0.6) is 0 Å². The molecule has 2 aromatic carbocycles. The van der Waals surface area contributed by atoms with Gasteiger partial charge < -0.3 is 14.9 Å². The number of imidazole rings is 1. The molecule has 6 nitrogen and oxygen atoms in total. The number of alkyl halides is 1. The Morgan fingerprint density at radius 3 is 2.54 bits per heavy atom. The number of amides is 1. The molecule has 0 unspecified atom stereocenters. The van der Waals surface area contributed by atoms with Crippen LogP contribution in [0.4, 0.5) is 0 Å². The highest BCUT2D eigenvalue weighted by molar-refractivity contribution is 14.1. The molecule has 0 aliphatic rings. The molecule has 0 radical (unpaired) electrons. The minimum absolute atomic E-state index is 0.129. The Labute approximate surface area is 246 Å². The SMILES string of the molecule is Cc1cc(-n2ccnc2)ccc1-c1cc2sc(C(=O)CI)cc2n1-c1ccc(C(N)=O)c(CCCC(C)C)c1. The average molecular weight is 651 g/mol. The molecule has 0 atom stereocenters. The van der Waals surface area contributed by atoms with Crippen LogP contribution in [0.3, 0.4) is 0 Å². The molecule has 1 amide bonds. The van der Waals surface area contributed by atoms with Crippen LogP contribution < -0.4 is 5.73 Å². The monoisotopic (exact) mass is 650 g/mol. The second-order valence-corrected chi connectivity index (χ2v) is 12.1. The Morgan fingerprint density at radius 2 is 1.87 bits per heavy atom. The van der Waals surface area contributed by atoms with Gasteiger partial charge in [-0.1, -0.05) is 48.9 Å². The second-order valence-electron chi connectivity index (χ2n) is 10.2. The molecule has 39 heavy (non-hydrogen) atoms. The van der Waals surface area contributed by atoms with E-state index in [0.29, 0.717) is 15.9 Å². The first-order chi connectivity index (χ1) is 18.8. The molecule has 5 rings (SSSR count). The molecular formula is C31H31IN4O2S. The van der Waals surface area contributed by atoms with Gasteiger partial charge in [-0.3, -0.25) is 9.59 Å². The summed E-state index contributed by atoms with van der Waals surface area (Å²) in [6.45, 7) is 6.53. The van der Waals surface area contributed by atoms with Gasteiger partial charge in [-0.2, -0.15) is 0 Å². The lowest BCUT2D eigenvalue weighted by molar-refractivity contribution is 0.0997. The largest absolute Gasteiger partial charge is 0.366 e. The maximum Gasteiger partial charge on any atom is 0.248 e. The normalized spacial score (nSPS) is 11.5. The molecule has 8 heteroatoms. The Morgan fingerprint density at radius 1 is 1.08 bits per heavy atom. The number of fused-ring (bicyclic) bond motifs is 1. The number of nitrogens with zero attached hydrogens (tertiary/aromatic N) is 3. The Bertz CT molecular complexity index is 1660. The summed E-state index contributed by atoms with van der Waals surface area (Å²) in [5.41, 5.74) is 13.5. The van der Waals surface area contributed by atoms with Crippen LogP contribution in [0.1, 0.15) is 57.8 Å². The molecule has 0 aliphatic heterocycles. The van der Waals surface area contributed by atoms with Gasteiger partial charge in [0.25, 0.3) is 0 Å². The van der Waals surface area contributed by atoms with Crippen molar-refractivity contribution in [3.8, 4) is 22.6 Å². The minimum atomic E-state index is -0.407. The molecule has 0 saturated carbocycles. The first kappa shape index (κ1) is 27.3. The molecular weight excluding hydrogens is 619 g/mol. The standard InChI is InChI=1S/C31H31IN4O2S/c1-19(2)5-4-6-21-14-23(8-10-25(21)31(33)38)36-26(15-29-27(36)16-30(39-29)28(37)17-32)24-9-7-22(13-20(24)3)35-12-11-34-18-35/h7-16,18-19H,4-6,17H2,1-3H3,(H2,33,38). The molecule has 0 saturated heterocycles. The van der Waals surface area contributed by atoms with Crippen LogP contribution in [0.25, 0.3) is 32.8 Å².